The number of nitrogens with zero attached hydrogens (tertiary/aromatic N) is 1. The summed E-state index contributed by atoms with van der Waals surface area (Å²) in [6.07, 6.45) is -2.22. The first-order valence-electron chi connectivity index (χ1n) is 7.26. The van der Waals surface area contributed by atoms with Crippen molar-refractivity contribution in [2.75, 3.05) is 32.7 Å². The summed E-state index contributed by atoms with van der Waals surface area (Å²) in [4.78, 5) is 35.4. The van der Waals surface area contributed by atoms with Gasteiger partial charge in [0.1, 0.15) is 0 Å². The zero-order valence-electron chi connectivity index (χ0n) is 12.7. The third-order valence-corrected chi connectivity index (χ3v) is 3.12. The van der Waals surface area contributed by atoms with E-state index in [0.29, 0.717) is 32.7 Å². The molecule has 1 rings (SSSR count). The van der Waals surface area contributed by atoms with E-state index in [9.17, 15) is 24.6 Å². The molecule has 0 spiro atoms. The Morgan fingerprint density at radius 2 is 2.00 bits per heavy atom. The van der Waals surface area contributed by atoms with Crippen LogP contribution in [0.15, 0.2) is 12.7 Å². The van der Waals surface area contributed by atoms with Crippen molar-refractivity contribution in [1.82, 2.24) is 26.2 Å². The van der Waals surface area contributed by atoms with Crippen molar-refractivity contribution in [2.45, 2.75) is 18.9 Å². The van der Waals surface area contributed by atoms with Crippen LogP contribution >= 0.6 is 0 Å². The Morgan fingerprint density at radius 3 is 2.61 bits per heavy atom. The second-order valence-electron chi connectivity index (χ2n) is 4.89. The number of hydrogen-bond acceptors (Lipinski definition) is 6. The second kappa shape index (κ2) is 9.77. The largest absolute Gasteiger partial charge is 0.369 e. The highest BCUT2D eigenvalue weighted by Gasteiger charge is 2.20. The monoisotopic (exact) mass is 329 g/mol. The number of aliphatic hydroxyl groups excluding tert-OH is 2. The first kappa shape index (κ1) is 18.9. The fourth-order valence-corrected chi connectivity index (χ4v) is 1.87. The number of hydrogen-bond donors (Lipinski definition) is 6. The Labute approximate surface area is 133 Å². The van der Waals surface area contributed by atoms with Crippen LogP contribution in [-0.2, 0) is 9.59 Å². The zero-order chi connectivity index (χ0) is 17.2. The summed E-state index contributed by atoms with van der Waals surface area (Å²) in [5.74, 6) is -1.16. The molecule has 0 saturated carbocycles. The highest BCUT2D eigenvalue weighted by atomic mass is 16.4. The molecule has 1 saturated heterocycles. The van der Waals surface area contributed by atoms with E-state index in [1.807, 2.05) is 5.32 Å². The molecule has 0 aromatic heterocycles. The van der Waals surface area contributed by atoms with Gasteiger partial charge in [0, 0.05) is 39.1 Å². The smallest absolute Gasteiger partial charge is 0.317 e. The predicted molar refractivity (Wildman–Crippen MR) is 81.0 cm³/mol. The molecule has 1 fully saturated rings. The molecule has 0 bridgehead atoms. The summed E-state index contributed by atoms with van der Waals surface area (Å²) in [5, 5.41) is 28.8. The molecule has 1 aliphatic rings. The fraction of sp³-hybridized carbons (Fsp3) is 0.615. The van der Waals surface area contributed by atoms with Crippen molar-refractivity contribution in [3.8, 4) is 0 Å². The van der Waals surface area contributed by atoms with Crippen LogP contribution < -0.4 is 21.3 Å². The molecule has 2 atom stereocenters. The lowest BCUT2D eigenvalue weighted by Gasteiger charge is -2.19. The van der Waals surface area contributed by atoms with Gasteiger partial charge < -0.3 is 36.4 Å². The molecular weight excluding hydrogens is 306 g/mol. The standard InChI is InChI=1S/C13H23N5O5/c1-2-9(19)16-11(21)12(22)17-10(20)3-4-14-5-7-18-8-6-15-13(18)23/h2,11-12,14,21-22H,1,3-8H2,(H,15,23)(H,16,19)(H,17,20). The Morgan fingerprint density at radius 1 is 1.30 bits per heavy atom. The Hall–Kier alpha value is -2.17. The van der Waals surface area contributed by atoms with E-state index in [4.69, 9.17) is 0 Å². The van der Waals surface area contributed by atoms with Crippen LogP contribution in [0.5, 0.6) is 0 Å². The maximum atomic E-state index is 11.6. The molecule has 23 heavy (non-hydrogen) atoms. The highest BCUT2D eigenvalue weighted by Crippen LogP contribution is 1.94. The van der Waals surface area contributed by atoms with E-state index in [-0.39, 0.29) is 12.5 Å². The SMILES string of the molecule is C=CC(=O)NC(O)C(O)NC(=O)CCNCCN1CCNC1=O. The molecule has 1 heterocycles. The van der Waals surface area contributed by atoms with Gasteiger partial charge in [-0.1, -0.05) is 6.58 Å². The van der Waals surface area contributed by atoms with E-state index in [2.05, 4.69) is 22.5 Å². The average molecular weight is 329 g/mol. The summed E-state index contributed by atoms with van der Waals surface area (Å²) < 4.78 is 0. The van der Waals surface area contributed by atoms with E-state index >= 15 is 0 Å². The lowest BCUT2D eigenvalue weighted by atomic mass is 10.3. The van der Waals surface area contributed by atoms with Crippen molar-refractivity contribution in [2.24, 2.45) is 0 Å². The topological polar surface area (TPSA) is 143 Å². The molecule has 2 unspecified atom stereocenters. The fourth-order valence-electron chi connectivity index (χ4n) is 1.87. The van der Waals surface area contributed by atoms with Gasteiger partial charge >= 0.3 is 6.03 Å². The number of carbonyl (C=O) groups excluding carboxylic acids is 3. The Balaban J connectivity index is 2.10. The van der Waals surface area contributed by atoms with Crippen LogP contribution in [0.3, 0.4) is 0 Å². The van der Waals surface area contributed by atoms with Crippen LogP contribution in [-0.4, -0.2) is 78.1 Å². The van der Waals surface area contributed by atoms with E-state index in [1.54, 1.807) is 4.90 Å². The van der Waals surface area contributed by atoms with Crippen LogP contribution in [0.1, 0.15) is 6.42 Å². The summed E-state index contributed by atoms with van der Waals surface area (Å²) in [5.41, 5.74) is 0. The van der Waals surface area contributed by atoms with E-state index in [0.717, 1.165) is 6.08 Å². The predicted octanol–water partition coefficient (Wildman–Crippen LogP) is -2.95. The van der Waals surface area contributed by atoms with Gasteiger partial charge in [-0.15, -0.1) is 0 Å². The van der Waals surface area contributed by atoms with Gasteiger partial charge in [-0.3, -0.25) is 9.59 Å². The third-order valence-electron chi connectivity index (χ3n) is 3.12. The molecule has 0 radical (unpaired) electrons. The maximum Gasteiger partial charge on any atom is 0.317 e. The van der Waals surface area contributed by atoms with Crippen LogP contribution in [0.25, 0.3) is 0 Å². The molecule has 10 nitrogen and oxygen atoms in total. The van der Waals surface area contributed by atoms with Crippen molar-refractivity contribution < 1.29 is 24.6 Å². The molecule has 0 aromatic rings. The number of aliphatic hydroxyl groups is 2. The normalized spacial score (nSPS) is 16.4. The minimum Gasteiger partial charge on any atom is -0.369 e. The molecule has 6 N–H and O–H groups in total. The van der Waals surface area contributed by atoms with Crippen molar-refractivity contribution >= 4 is 17.8 Å². The molecule has 10 heteroatoms. The molecule has 1 aliphatic heterocycles. The average Bonchev–Trinajstić information content (AvgIpc) is 2.91. The Bertz CT molecular complexity index is 444. The van der Waals surface area contributed by atoms with Gasteiger partial charge in [0.05, 0.1) is 0 Å². The molecular formula is C13H23N5O5. The van der Waals surface area contributed by atoms with Gasteiger partial charge in [-0.25, -0.2) is 4.79 Å². The highest BCUT2D eigenvalue weighted by molar-refractivity contribution is 5.87. The quantitative estimate of drug-likeness (QED) is 0.144. The molecule has 4 amide bonds. The van der Waals surface area contributed by atoms with Crippen molar-refractivity contribution in [3.63, 3.8) is 0 Å². The zero-order valence-corrected chi connectivity index (χ0v) is 12.7. The number of urea groups is 1. The van der Waals surface area contributed by atoms with Crippen LogP contribution in [0, 0.1) is 0 Å². The second-order valence-corrected chi connectivity index (χ2v) is 4.89. The number of amides is 4. The lowest BCUT2D eigenvalue weighted by molar-refractivity contribution is -0.131. The number of rotatable bonds is 10. The minimum atomic E-state index is -1.62. The number of nitrogens with one attached hydrogen (secondary N) is 4. The summed E-state index contributed by atoms with van der Waals surface area (Å²) in [7, 11) is 0. The van der Waals surface area contributed by atoms with Crippen molar-refractivity contribution in [3.05, 3.63) is 12.7 Å². The molecule has 130 valence electrons. The summed E-state index contributed by atoms with van der Waals surface area (Å²) >= 11 is 0. The number of carbonyl (C=O) groups is 3. The third kappa shape index (κ3) is 7.08. The van der Waals surface area contributed by atoms with Crippen LogP contribution in [0.2, 0.25) is 0 Å². The summed E-state index contributed by atoms with van der Waals surface area (Å²) in [6, 6.07) is -0.0942. The van der Waals surface area contributed by atoms with E-state index < -0.39 is 24.3 Å². The van der Waals surface area contributed by atoms with Crippen molar-refractivity contribution in [1.29, 1.82) is 0 Å². The van der Waals surface area contributed by atoms with Gasteiger partial charge in [0.25, 0.3) is 0 Å². The first-order chi connectivity index (χ1) is 10.9. The van der Waals surface area contributed by atoms with Gasteiger partial charge in [-0.2, -0.15) is 0 Å². The van der Waals surface area contributed by atoms with E-state index in [1.165, 1.54) is 0 Å². The molecule has 0 aromatic carbocycles. The maximum absolute atomic E-state index is 11.6. The Kier molecular flexibility index (Phi) is 8.02. The summed E-state index contributed by atoms with van der Waals surface area (Å²) in [6.45, 7) is 5.94. The first-order valence-corrected chi connectivity index (χ1v) is 7.26. The lowest BCUT2D eigenvalue weighted by Crippen LogP contribution is -2.51. The minimum absolute atomic E-state index is 0.0748. The molecule has 0 aliphatic carbocycles. The van der Waals surface area contributed by atoms with Gasteiger partial charge in [0.2, 0.25) is 11.8 Å². The van der Waals surface area contributed by atoms with Crippen LogP contribution in [0.4, 0.5) is 4.79 Å². The van der Waals surface area contributed by atoms with Gasteiger partial charge in [0.15, 0.2) is 12.5 Å². The van der Waals surface area contributed by atoms with Gasteiger partial charge in [-0.05, 0) is 6.08 Å².